The molecule has 1 aromatic rings. The van der Waals surface area contributed by atoms with Crippen molar-refractivity contribution in [2.24, 2.45) is 0 Å². The third-order valence-electron chi connectivity index (χ3n) is 3.72. The molecule has 4 nitrogen and oxygen atoms in total. The van der Waals surface area contributed by atoms with E-state index in [0.717, 1.165) is 29.8 Å². The van der Waals surface area contributed by atoms with Crippen LogP contribution in [-0.4, -0.2) is 33.6 Å². The van der Waals surface area contributed by atoms with Crippen molar-refractivity contribution in [2.45, 2.75) is 58.5 Å². The number of anilines is 1. The molecule has 1 aliphatic heterocycles. The molecule has 1 atom stereocenters. The Labute approximate surface area is 114 Å². The summed E-state index contributed by atoms with van der Waals surface area (Å²) in [5.41, 5.74) is 1.13. The maximum atomic E-state index is 4.29. The summed E-state index contributed by atoms with van der Waals surface area (Å²) in [6.45, 7) is 7.52. The minimum atomic E-state index is 0.726. The Kier molecular flexibility index (Phi) is 5.38. The summed E-state index contributed by atoms with van der Waals surface area (Å²) in [6.07, 6.45) is 6.66. The highest BCUT2D eigenvalue weighted by Gasteiger charge is 2.21. The first-order valence-corrected chi connectivity index (χ1v) is 7.91. The number of likely N-dealkylation sites (tertiary alicyclic amines) is 1. The van der Waals surface area contributed by atoms with Crippen LogP contribution in [-0.2, 0) is 6.54 Å². The fourth-order valence-electron chi connectivity index (χ4n) is 2.71. The molecule has 1 aliphatic rings. The predicted molar refractivity (Wildman–Crippen MR) is 77.0 cm³/mol. The number of rotatable bonds is 5. The second-order valence-electron chi connectivity index (χ2n) is 4.96. The maximum Gasteiger partial charge on any atom is 0.134 e. The molecule has 2 heterocycles. The van der Waals surface area contributed by atoms with Crippen molar-refractivity contribution in [1.29, 1.82) is 0 Å². The molecule has 5 heteroatoms. The Bertz CT molecular complexity index is 353. The Morgan fingerprint density at radius 2 is 2.22 bits per heavy atom. The lowest BCUT2D eigenvalue weighted by atomic mass is 10.1. The van der Waals surface area contributed by atoms with E-state index in [1.54, 1.807) is 0 Å². The van der Waals surface area contributed by atoms with E-state index in [2.05, 4.69) is 33.7 Å². The highest BCUT2D eigenvalue weighted by molar-refractivity contribution is 7.10. The van der Waals surface area contributed by atoms with Gasteiger partial charge in [0.1, 0.15) is 10.7 Å². The second-order valence-corrected chi connectivity index (χ2v) is 5.72. The monoisotopic (exact) mass is 268 g/mol. The highest BCUT2D eigenvalue weighted by Crippen LogP contribution is 2.24. The van der Waals surface area contributed by atoms with E-state index in [9.17, 15) is 0 Å². The first-order valence-electron chi connectivity index (χ1n) is 7.14. The van der Waals surface area contributed by atoms with Crippen LogP contribution in [0.3, 0.4) is 0 Å². The van der Waals surface area contributed by atoms with Crippen molar-refractivity contribution in [1.82, 2.24) is 14.5 Å². The van der Waals surface area contributed by atoms with E-state index in [1.807, 2.05) is 0 Å². The molecule has 1 aromatic heterocycles. The van der Waals surface area contributed by atoms with Crippen molar-refractivity contribution >= 4 is 16.5 Å². The van der Waals surface area contributed by atoms with Crippen molar-refractivity contribution in [3.8, 4) is 0 Å². The summed E-state index contributed by atoms with van der Waals surface area (Å²) in [5.74, 6) is 0. The van der Waals surface area contributed by atoms with Gasteiger partial charge in [-0.25, -0.2) is 0 Å². The van der Waals surface area contributed by atoms with Gasteiger partial charge >= 0.3 is 0 Å². The lowest BCUT2D eigenvalue weighted by Crippen LogP contribution is -2.34. The van der Waals surface area contributed by atoms with Crippen molar-refractivity contribution in [3.05, 3.63) is 5.69 Å². The Balaban J connectivity index is 2.03. The molecule has 0 aliphatic carbocycles. The van der Waals surface area contributed by atoms with Crippen LogP contribution in [0.15, 0.2) is 0 Å². The molecule has 1 N–H and O–H groups in total. The summed E-state index contributed by atoms with van der Waals surface area (Å²) >= 11 is 1.48. The topological polar surface area (TPSA) is 41.1 Å². The van der Waals surface area contributed by atoms with Gasteiger partial charge in [-0.3, -0.25) is 4.90 Å². The van der Waals surface area contributed by atoms with Crippen molar-refractivity contribution < 1.29 is 0 Å². The van der Waals surface area contributed by atoms with E-state index in [1.165, 1.54) is 50.2 Å². The molecule has 102 valence electrons. The molecule has 0 amide bonds. The molecular formula is C13H24N4S. The Morgan fingerprint density at radius 3 is 3.00 bits per heavy atom. The zero-order chi connectivity index (χ0) is 12.8. The van der Waals surface area contributed by atoms with E-state index in [-0.39, 0.29) is 0 Å². The van der Waals surface area contributed by atoms with Crippen LogP contribution in [0.2, 0.25) is 0 Å². The average Bonchev–Trinajstić information content (AvgIpc) is 2.68. The minimum Gasteiger partial charge on any atom is -0.374 e. The normalized spacial score (nSPS) is 21.8. The molecule has 1 saturated heterocycles. The Morgan fingerprint density at radius 1 is 1.33 bits per heavy atom. The standard InChI is InChI=1S/C13H24N4S/c1-3-11-8-6-5-7-9-17(11)10-12-13(14-4-2)18-16-15-12/h11,14H,3-10H2,1-2H3. The van der Waals surface area contributed by atoms with E-state index >= 15 is 0 Å². The van der Waals surface area contributed by atoms with Crippen molar-refractivity contribution in [3.63, 3.8) is 0 Å². The third-order valence-corrected chi connectivity index (χ3v) is 4.44. The number of hydrogen-bond donors (Lipinski definition) is 1. The number of nitrogens with one attached hydrogen (secondary N) is 1. The summed E-state index contributed by atoms with van der Waals surface area (Å²) in [4.78, 5) is 2.60. The van der Waals surface area contributed by atoms with Gasteiger partial charge in [-0.1, -0.05) is 24.3 Å². The molecule has 0 radical (unpaired) electrons. The predicted octanol–water partition coefficient (Wildman–Crippen LogP) is 3.12. The average molecular weight is 268 g/mol. The van der Waals surface area contributed by atoms with Gasteiger partial charge in [0.05, 0.1) is 0 Å². The van der Waals surface area contributed by atoms with Crippen LogP contribution in [0, 0.1) is 0 Å². The largest absolute Gasteiger partial charge is 0.374 e. The highest BCUT2D eigenvalue weighted by atomic mass is 32.1. The molecule has 0 saturated carbocycles. The first kappa shape index (κ1) is 13.7. The lowest BCUT2D eigenvalue weighted by molar-refractivity contribution is 0.184. The van der Waals surface area contributed by atoms with E-state index < -0.39 is 0 Å². The molecule has 0 bridgehead atoms. The number of hydrogen-bond acceptors (Lipinski definition) is 5. The van der Waals surface area contributed by atoms with Crippen LogP contribution >= 0.6 is 11.5 Å². The molecule has 1 fully saturated rings. The number of nitrogens with zero attached hydrogens (tertiary/aromatic N) is 3. The zero-order valence-corrected chi connectivity index (χ0v) is 12.3. The van der Waals surface area contributed by atoms with Gasteiger partial charge in [-0.2, -0.15) is 0 Å². The third kappa shape index (κ3) is 3.42. The second kappa shape index (κ2) is 7.04. The Hall–Kier alpha value is -0.680. The van der Waals surface area contributed by atoms with Gasteiger partial charge < -0.3 is 5.32 Å². The molecule has 1 unspecified atom stereocenters. The molecule has 0 spiro atoms. The van der Waals surface area contributed by atoms with Crippen LogP contribution < -0.4 is 5.32 Å². The van der Waals surface area contributed by atoms with Crippen LogP contribution in [0.5, 0.6) is 0 Å². The van der Waals surface area contributed by atoms with Crippen LogP contribution in [0.4, 0.5) is 5.00 Å². The zero-order valence-electron chi connectivity index (χ0n) is 11.5. The summed E-state index contributed by atoms with van der Waals surface area (Å²) in [6, 6.07) is 0.726. The van der Waals surface area contributed by atoms with Gasteiger partial charge in [0, 0.05) is 30.7 Å². The fourth-order valence-corrected chi connectivity index (χ4v) is 3.35. The van der Waals surface area contributed by atoms with Gasteiger partial charge in [0.2, 0.25) is 0 Å². The van der Waals surface area contributed by atoms with Crippen LogP contribution in [0.25, 0.3) is 0 Å². The quantitative estimate of drug-likeness (QED) is 0.891. The number of aromatic nitrogens is 2. The smallest absolute Gasteiger partial charge is 0.134 e. The fraction of sp³-hybridized carbons (Fsp3) is 0.846. The summed E-state index contributed by atoms with van der Waals surface area (Å²) < 4.78 is 4.08. The molecule has 0 aromatic carbocycles. The van der Waals surface area contributed by atoms with E-state index in [0.29, 0.717) is 0 Å². The lowest BCUT2D eigenvalue weighted by Gasteiger charge is -2.28. The van der Waals surface area contributed by atoms with Gasteiger partial charge in [0.25, 0.3) is 0 Å². The SMILES string of the molecule is CCNc1snnc1CN1CCCCCC1CC. The van der Waals surface area contributed by atoms with Crippen LogP contribution in [0.1, 0.15) is 51.6 Å². The van der Waals surface area contributed by atoms with Gasteiger partial charge in [-0.15, -0.1) is 5.10 Å². The maximum absolute atomic E-state index is 4.29. The van der Waals surface area contributed by atoms with Crippen molar-refractivity contribution in [2.75, 3.05) is 18.4 Å². The minimum absolute atomic E-state index is 0.726. The summed E-state index contributed by atoms with van der Waals surface area (Å²) in [5, 5.41) is 8.80. The summed E-state index contributed by atoms with van der Waals surface area (Å²) in [7, 11) is 0. The van der Waals surface area contributed by atoms with Gasteiger partial charge in [0.15, 0.2) is 0 Å². The molecule has 18 heavy (non-hydrogen) atoms. The molecular weight excluding hydrogens is 244 g/mol. The molecule has 2 rings (SSSR count). The van der Waals surface area contributed by atoms with E-state index in [4.69, 9.17) is 0 Å². The first-order chi connectivity index (χ1) is 8.85. The van der Waals surface area contributed by atoms with Gasteiger partial charge in [-0.05, 0) is 32.7 Å².